The normalized spacial score (nSPS) is 21.2. The lowest BCUT2D eigenvalue weighted by molar-refractivity contribution is -0.880. The summed E-state index contributed by atoms with van der Waals surface area (Å²) in [5.41, 5.74) is 2.26. The van der Waals surface area contributed by atoms with E-state index in [-0.39, 0.29) is 17.5 Å². The van der Waals surface area contributed by atoms with Crippen LogP contribution >= 0.6 is 0 Å². The van der Waals surface area contributed by atoms with Gasteiger partial charge in [-0.3, -0.25) is 4.79 Å². The summed E-state index contributed by atoms with van der Waals surface area (Å²) in [4.78, 5) is 25.4. The molecule has 1 aromatic heterocycles. The Labute approximate surface area is 147 Å². The number of Topliss-reactive ketones (excluding diaryl/α,β-unsaturated/α-hetero) is 1. The molecule has 0 spiro atoms. The maximum absolute atomic E-state index is 12.5. The number of para-hydroxylation sites is 1. The summed E-state index contributed by atoms with van der Waals surface area (Å²) in [7, 11) is 2.20. The van der Waals surface area contributed by atoms with Crippen molar-refractivity contribution in [2.24, 2.45) is 0 Å². The fraction of sp³-hybridized carbons (Fsp3) is 0.421. The second-order valence-corrected chi connectivity index (χ2v) is 7.06. The smallest absolute Gasteiger partial charge is 0.225 e. The van der Waals surface area contributed by atoms with Crippen molar-refractivity contribution in [2.45, 2.75) is 18.8 Å². The third-order valence-electron chi connectivity index (χ3n) is 5.30. The molecule has 0 bridgehead atoms. The van der Waals surface area contributed by atoms with E-state index in [1.165, 1.54) is 4.90 Å². The number of anilines is 1. The number of ketones is 1. The van der Waals surface area contributed by atoms with Crippen molar-refractivity contribution in [2.75, 3.05) is 38.1 Å². The van der Waals surface area contributed by atoms with Gasteiger partial charge in [0.2, 0.25) is 5.95 Å². The summed E-state index contributed by atoms with van der Waals surface area (Å²) in [6, 6.07) is 7.26. The number of aromatic hydroxyl groups is 1. The molecule has 130 valence electrons. The fourth-order valence-corrected chi connectivity index (χ4v) is 3.73. The number of phenolic OH excluding ortho intramolecular Hbond substituents is 1. The van der Waals surface area contributed by atoms with Gasteiger partial charge in [0, 0.05) is 18.5 Å². The predicted octanol–water partition coefficient (Wildman–Crippen LogP) is 0.430. The van der Waals surface area contributed by atoms with Gasteiger partial charge in [0.05, 0.1) is 44.5 Å². The number of hydrogen-bond acceptors (Lipinski definition) is 5. The number of carbonyl (C=O) groups excluding carboxylic acids is 1. The number of quaternary nitrogens is 1. The number of phenols is 1. The number of carbonyl (C=O) groups is 1. The molecule has 2 aliphatic rings. The average Bonchev–Trinajstić information content (AvgIpc) is 2.62. The number of nitrogens with one attached hydrogen (secondary N) is 1. The van der Waals surface area contributed by atoms with E-state index in [4.69, 9.17) is 4.98 Å². The standard InChI is InChI=1S/C19H22N4O2/c1-22-6-8-23(9-7-22)19-20-12-15-16(21-19)10-13(11-18(15)25)14-4-2-3-5-17(14)24/h2-5,12-13,24H,6-11H2,1H3/p+1/t13-/m0/s1. The molecule has 4 rings (SSSR count). The van der Waals surface area contributed by atoms with Crippen LogP contribution in [0.5, 0.6) is 5.75 Å². The van der Waals surface area contributed by atoms with Gasteiger partial charge < -0.3 is 14.9 Å². The van der Waals surface area contributed by atoms with E-state index in [9.17, 15) is 9.90 Å². The number of likely N-dealkylation sites (N-methyl/N-ethyl adjacent to an activating group) is 1. The van der Waals surface area contributed by atoms with Crippen molar-refractivity contribution >= 4 is 11.7 Å². The van der Waals surface area contributed by atoms with Gasteiger partial charge >= 0.3 is 0 Å². The number of piperazine rings is 1. The fourth-order valence-electron chi connectivity index (χ4n) is 3.73. The molecule has 1 saturated heterocycles. The van der Waals surface area contributed by atoms with Crippen LogP contribution in [0.3, 0.4) is 0 Å². The number of benzene rings is 1. The topological polar surface area (TPSA) is 70.8 Å². The van der Waals surface area contributed by atoms with Crippen molar-refractivity contribution in [3.8, 4) is 5.75 Å². The zero-order valence-electron chi connectivity index (χ0n) is 14.4. The Morgan fingerprint density at radius 2 is 1.96 bits per heavy atom. The van der Waals surface area contributed by atoms with Crippen LogP contribution < -0.4 is 9.80 Å². The molecule has 1 atom stereocenters. The molecule has 2 N–H and O–H groups in total. The Morgan fingerprint density at radius 3 is 2.72 bits per heavy atom. The van der Waals surface area contributed by atoms with E-state index < -0.39 is 0 Å². The molecule has 2 heterocycles. The summed E-state index contributed by atoms with van der Waals surface area (Å²) in [6.45, 7) is 4.00. The van der Waals surface area contributed by atoms with Crippen LogP contribution in [0.1, 0.15) is 34.0 Å². The Morgan fingerprint density at radius 1 is 1.20 bits per heavy atom. The van der Waals surface area contributed by atoms with Crippen LogP contribution in [0.4, 0.5) is 5.95 Å². The van der Waals surface area contributed by atoms with Gasteiger partial charge in [-0.05, 0) is 18.1 Å². The highest BCUT2D eigenvalue weighted by molar-refractivity contribution is 5.98. The third-order valence-corrected chi connectivity index (χ3v) is 5.30. The van der Waals surface area contributed by atoms with Gasteiger partial charge in [-0.2, -0.15) is 0 Å². The molecule has 1 fully saturated rings. The van der Waals surface area contributed by atoms with Gasteiger partial charge in [-0.25, -0.2) is 9.97 Å². The minimum absolute atomic E-state index is 0.0270. The highest BCUT2D eigenvalue weighted by atomic mass is 16.3. The highest BCUT2D eigenvalue weighted by Gasteiger charge is 2.30. The lowest BCUT2D eigenvalue weighted by Crippen LogP contribution is -3.12. The van der Waals surface area contributed by atoms with Gasteiger partial charge in [0.25, 0.3) is 0 Å². The molecular formula is C19H23N4O2+. The summed E-state index contributed by atoms with van der Waals surface area (Å²) < 4.78 is 0. The molecule has 2 aromatic rings. The van der Waals surface area contributed by atoms with Crippen molar-refractivity contribution in [3.05, 3.63) is 47.3 Å². The first kappa shape index (κ1) is 16.0. The quantitative estimate of drug-likeness (QED) is 0.830. The molecule has 1 aliphatic heterocycles. The van der Waals surface area contributed by atoms with E-state index in [2.05, 4.69) is 16.9 Å². The highest BCUT2D eigenvalue weighted by Crippen LogP contribution is 2.36. The van der Waals surface area contributed by atoms with Crippen LogP contribution in [0.25, 0.3) is 0 Å². The monoisotopic (exact) mass is 339 g/mol. The van der Waals surface area contributed by atoms with Crippen molar-refractivity contribution in [1.82, 2.24) is 9.97 Å². The minimum atomic E-state index is -0.0270. The first-order valence-corrected chi connectivity index (χ1v) is 8.85. The number of aromatic nitrogens is 2. The maximum Gasteiger partial charge on any atom is 0.225 e. The van der Waals surface area contributed by atoms with Crippen LogP contribution in [-0.2, 0) is 6.42 Å². The number of nitrogens with zero attached hydrogens (tertiary/aromatic N) is 3. The molecule has 0 unspecified atom stereocenters. The average molecular weight is 339 g/mol. The third kappa shape index (κ3) is 3.09. The zero-order chi connectivity index (χ0) is 17.4. The van der Waals surface area contributed by atoms with E-state index in [0.717, 1.165) is 43.4 Å². The minimum Gasteiger partial charge on any atom is -0.508 e. The van der Waals surface area contributed by atoms with Crippen LogP contribution in [0, 0.1) is 0 Å². The molecule has 25 heavy (non-hydrogen) atoms. The summed E-state index contributed by atoms with van der Waals surface area (Å²) in [5.74, 6) is 1.00. The van der Waals surface area contributed by atoms with Crippen LogP contribution in [0.2, 0.25) is 0 Å². The second kappa shape index (κ2) is 6.44. The summed E-state index contributed by atoms with van der Waals surface area (Å²) in [6.07, 6.45) is 2.74. The molecular weight excluding hydrogens is 316 g/mol. The maximum atomic E-state index is 12.5. The van der Waals surface area contributed by atoms with Crippen LogP contribution in [0.15, 0.2) is 30.5 Å². The number of hydrogen-bond donors (Lipinski definition) is 2. The van der Waals surface area contributed by atoms with E-state index in [1.807, 2.05) is 12.1 Å². The van der Waals surface area contributed by atoms with Crippen molar-refractivity contribution in [3.63, 3.8) is 0 Å². The van der Waals surface area contributed by atoms with E-state index in [1.54, 1.807) is 18.3 Å². The molecule has 1 aliphatic carbocycles. The lowest BCUT2D eigenvalue weighted by atomic mass is 9.82. The SMILES string of the molecule is C[NH+]1CCN(c2ncc3c(n2)C[C@H](c2ccccc2O)CC3=O)CC1. The molecule has 1 aromatic carbocycles. The van der Waals surface area contributed by atoms with Crippen molar-refractivity contribution in [1.29, 1.82) is 0 Å². The lowest BCUT2D eigenvalue weighted by Gasteiger charge is -2.31. The van der Waals surface area contributed by atoms with Crippen molar-refractivity contribution < 1.29 is 14.8 Å². The van der Waals surface area contributed by atoms with Gasteiger partial charge in [0.1, 0.15) is 5.75 Å². The first-order valence-electron chi connectivity index (χ1n) is 8.85. The Hall–Kier alpha value is -2.47. The summed E-state index contributed by atoms with van der Waals surface area (Å²) >= 11 is 0. The Balaban J connectivity index is 1.62. The largest absolute Gasteiger partial charge is 0.508 e. The predicted molar refractivity (Wildman–Crippen MR) is 94.4 cm³/mol. The second-order valence-electron chi connectivity index (χ2n) is 7.06. The van der Waals surface area contributed by atoms with Gasteiger partial charge in [0.15, 0.2) is 5.78 Å². The molecule has 0 saturated carbocycles. The van der Waals surface area contributed by atoms with E-state index in [0.29, 0.717) is 18.4 Å². The number of fused-ring (bicyclic) bond motifs is 1. The summed E-state index contributed by atoms with van der Waals surface area (Å²) in [5, 5.41) is 10.1. The Bertz CT molecular complexity index is 800. The number of rotatable bonds is 2. The molecule has 0 radical (unpaired) electrons. The zero-order valence-corrected chi connectivity index (χ0v) is 14.4. The van der Waals surface area contributed by atoms with Gasteiger partial charge in [-0.1, -0.05) is 18.2 Å². The van der Waals surface area contributed by atoms with Gasteiger partial charge in [-0.15, -0.1) is 0 Å². The molecule has 6 nitrogen and oxygen atoms in total. The molecule has 6 heteroatoms. The van der Waals surface area contributed by atoms with E-state index >= 15 is 0 Å². The Kier molecular flexibility index (Phi) is 4.13. The molecule has 0 amide bonds. The van der Waals surface area contributed by atoms with Crippen LogP contribution in [-0.4, -0.2) is 54.1 Å². The first-order chi connectivity index (χ1) is 12.1.